The molecule has 0 bridgehead atoms. The van der Waals surface area contributed by atoms with Gasteiger partial charge in [0.25, 0.3) is 0 Å². The van der Waals surface area contributed by atoms with E-state index in [-0.39, 0.29) is 6.04 Å². The Hall–Kier alpha value is -2.52. The molecule has 112 valence electrons. The first-order chi connectivity index (χ1) is 10.7. The van der Waals surface area contributed by atoms with Crippen molar-refractivity contribution in [1.82, 2.24) is 0 Å². The van der Waals surface area contributed by atoms with Crippen molar-refractivity contribution >= 4 is 10.8 Å². The van der Waals surface area contributed by atoms with Crippen molar-refractivity contribution in [3.05, 3.63) is 71.8 Å². The smallest absolute Gasteiger partial charge is 0.124 e. The molecular formula is C19H19NO2. The number of rotatable bonds is 4. The van der Waals surface area contributed by atoms with Crippen LogP contribution in [0.4, 0.5) is 0 Å². The number of hydrogen-bond donors (Lipinski definition) is 1. The minimum Gasteiger partial charge on any atom is -0.497 e. The van der Waals surface area contributed by atoms with E-state index in [1.165, 1.54) is 10.8 Å². The molecule has 0 aliphatic carbocycles. The van der Waals surface area contributed by atoms with Crippen molar-refractivity contribution in [2.24, 2.45) is 5.73 Å². The molecule has 0 spiro atoms. The van der Waals surface area contributed by atoms with E-state index in [9.17, 15) is 0 Å². The molecule has 22 heavy (non-hydrogen) atoms. The second kappa shape index (κ2) is 6.08. The SMILES string of the molecule is COc1ccc(OC)c(C(N)c2ccc3ccccc3c2)c1. The fraction of sp³-hybridized carbons (Fsp3) is 0.158. The van der Waals surface area contributed by atoms with Crippen LogP contribution in [-0.4, -0.2) is 14.2 Å². The number of nitrogens with two attached hydrogens (primary N) is 1. The molecule has 3 aromatic rings. The summed E-state index contributed by atoms with van der Waals surface area (Å²) in [6, 6.07) is 19.9. The van der Waals surface area contributed by atoms with Crippen LogP contribution < -0.4 is 15.2 Å². The van der Waals surface area contributed by atoms with Crippen LogP contribution in [0.15, 0.2) is 60.7 Å². The summed E-state index contributed by atoms with van der Waals surface area (Å²) in [6.07, 6.45) is 0. The van der Waals surface area contributed by atoms with Crippen molar-refractivity contribution in [2.45, 2.75) is 6.04 Å². The zero-order valence-corrected chi connectivity index (χ0v) is 12.7. The summed E-state index contributed by atoms with van der Waals surface area (Å²) in [5.74, 6) is 1.54. The number of fused-ring (bicyclic) bond motifs is 1. The fourth-order valence-corrected chi connectivity index (χ4v) is 2.66. The molecule has 0 fully saturated rings. The number of benzene rings is 3. The predicted octanol–water partition coefficient (Wildman–Crippen LogP) is 3.91. The lowest BCUT2D eigenvalue weighted by Gasteiger charge is -2.17. The molecule has 3 aromatic carbocycles. The monoisotopic (exact) mass is 293 g/mol. The Balaban J connectivity index is 2.06. The first kappa shape index (κ1) is 14.4. The van der Waals surface area contributed by atoms with Crippen molar-refractivity contribution in [3.63, 3.8) is 0 Å². The summed E-state index contributed by atoms with van der Waals surface area (Å²) >= 11 is 0. The van der Waals surface area contributed by atoms with E-state index in [4.69, 9.17) is 15.2 Å². The van der Waals surface area contributed by atoms with Gasteiger partial charge in [0.05, 0.1) is 20.3 Å². The average molecular weight is 293 g/mol. The Bertz CT molecular complexity index is 798. The number of hydrogen-bond acceptors (Lipinski definition) is 3. The van der Waals surface area contributed by atoms with Crippen LogP contribution in [-0.2, 0) is 0 Å². The molecule has 1 atom stereocenters. The topological polar surface area (TPSA) is 44.5 Å². The molecule has 3 rings (SSSR count). The molecule has 0 heterocycles. The quantitative estimate of drug-likeness (QED) is 0.793. The standard InChI is InChI=1S/C19H19NO2/c1-21-16-9-10-18(22-2)17(12-16)19(20)15-8-7-13-5-3-4-6-14(13)11-15/h3-12,19H,20H2,1-2H3. The van der Waals surface area contributed by atoms with Gasteiger partial charge in [-0.2, -0.15) is 0 Å². The molecule has 2 N–H and O–H groups in total. The Morgan fingerprint density at radius 2 is 1.59 bits per heavy atom. The molecule has 1 unspecified atom stereocenters. The Kier molecular flexibility index (Phi) is 3.98. The number of methoxy groups -OCH3 is 2. The van der Waals surface area contributed by atoms with Gasteiger partial charge in [0, 0.05) is 5.56 Å². The minimum absolute atomic E-state index is 0.269. The van der Waals surface area contributed by atoms with E-state index in [1.807, 2.05) is 30.3 Å². The zero-order valence-electron chi connectivity index (χ0n) is 12.7. The van der Waals surface area contributed by atoms with E-state index in [0.717, 1.165) is 22.6 Å². The van der Waals surface area contributed by atoms with Crippen molar-refractivity contribution < 1.29 is 9.47 Å². The molecule has 3 nitrogen and oxygen atoms in total. The molecule has 3 heteroatoms. The molecule has 0 amide bonds. The molecule has 0 saturated carbocycles. The first-order valence-corrected chi connectivity index (χ1v) is 7.19. The van der Waals surface area contributed by atoms with Gasteiger partial charge in [0.2, 0.25) is 0 Å². The van der Waals surface area contributed by atoms with Crippen molar-refractivity contribution in [2.75, 3.05) is 14.2 Å². The predicted molar refractivity (Wildman–Crippen MR) is 89.5 cm³/mol. The highest BCUT2D eigenvalue weighted by Gasteiger charge is 2.15. The lowest BCUT2D eigenvalue weighted by atomic mass is 9.96. The summed E-state index contributed by atoms with van der Waals surface area (Å²) < 4.78 is 10.7. The lowest BCUT2D eigenvalue weighted by Crippen LogP contribution is -2.13. The van der Waals surface area contributed by atoms with E-state index < -0.39 is 0 Å². The molecular weight excluding hydrogens is 274 g/mol. The third-order valence-electron chi connectivity index (χ3n) is 3.90. The van der Waals surface area contributed by atoms with Crippen LogP contribution >= 0.6 is 0 Å². The van der Waals surface area contributed by atoms with Gasteiger partial charge in [-0.15, -0.1) is 0 Å². The number of ether oxygens (including phenoxy) is 2. The highest BCUT2D eigenvalue weighted by Crippen LogP contribution is 2.32. The summed E-state index contributed by atoms with van der Waals surface area (Å²) in [5, 5.41) is 2.38. The summed E-state index contributed by atoms with van der Waals surface area (Å²) in [5.41, 5.74) is 8.43. The van der Waals surface area contributed by atoms with Crippen LogP contribution in [0, 0.1) is 0 Å². The highest BCUT2D eigenvalue weighted by atomic mass is 16.5. The van der Waals surface area contributed by atoms with Crippen LogP contribution in [0.25, 0.3) is 10.8 Å². The van der Waals surface area contributed by atoms with Gasteiger partial charge in [0.15, 0.2) is 0 Å². The first-order valence-electron chi connectivity index (χ1n) is 7.19. The highest BCUT2D eigenvalue weighted by molar-refractivity contribution is 5.83. The van der Waals surface area contributed by atoms with E-state index in [1.54, 1.807) is 14.2 Å². The molecule has 0 radical (unpaired) electrons. The Labute approximate surface area is 130 Å². The van der Waals surface area contributed by atoms with Gasteiger partial charge in [-0.05, 0) is 40.6 Å². The lowest BCUT2D eigenvalue weighted by molar-refractivity contribution is 0.397. The molecule has 0 saturated heterocycles. The van der Waals surface area contributed by atoms with Crippen LogP contribution in [0.5, 0.6) is 11.5 Å². The maximum atomic E-state index is 6.47. The molecule has 0 aromatic heterocycles. The second-order valence-electron chi connectivity index (χ2n) is 5.19. The summed E-state index contributed by atoms with van der Waals surface area (Å²) in [4.78, 5) is 0. The Morgan fingerprint density at radius 1 is 0.818 bits per heavy atom. The van der Waals surface area contributed by atoms with Crippen LogP contribution in [0.1, 0.15) is 17.2 Å². The largest absolute Gasteiger partial charge is 0.497 e. The van der Waals surface area contributed by atoms with Crippen LogP contribution in [0.3, 0.4) is 0 Å². The van der Waals surface area contributed by atoms with E-state index in [0.29, 0.717) is 0 Å². The van der Waals surface area contributed by atoms with Gasteiger partial charge in [-0.1, -0.05) is 36.4 Å². The van der Waals surface area contributed by atoms with Gasteiger partial charge < -0.3 is 15.2 Å². The third-order valence-corrected chi connectivity index (χ3v) is 3.90. The maximum absolute atomic E-state index is 6.47. The minimum atomic E-state index is -0.269. The van der Waals surface area contributed by atoms with E-state index >= 15 is 0 Å². The van der Waals surface area contributed by atoms with Gasteiger partial charge in [-0.3, -0.25) is 0 Å². The maximum Gasteiger partial charge on any atom is 0.124 e. The van der Waals surface area contributed by atoms with E-state index in [2.05, 4.69) is 30.3 Å². The molecule has 0 aliphatic rings. The fourth-order valence-electron chi connectivity index (χ4n) is 2.66. The average Bonchev–Trinajstić information content (AvgIpc) is 2.60. The van der Waals surface area contributed by atoms with Crippen molar-refractivity contribution in [3.8, 4) is 11.5 Å². The molecule has 0 aliphatic heterocycles. The second-order valence-corrected chi connectivity index (χ2v) is 5.19. The Morgan fingerprint density at radius 3 is 2.32 bits per heavy atom. The summed E-state index contributed by atoms with van der Waals surface area (Å²) in [6.45, 7) is 0. The normalized spacial score (nSPS) is 12.1. The third kappa shape index (κ3) is 2.63. The van der Waals surface area contributed by atoms with Gasteiger partial charge in [0.1, 0.15) is 11.5 Å². The van der Waals surface area contributed by atoms with Crippen LogP contribution in [0.2, 0.25) is 0 Å². The summed E-state index contributed by atoms with van der Waals surface area (Å²) in [7, 11) is 3.30. The van der Waals surface area contributed by atoms with Gasteiger partial charge in [-0.25, -0.2) is 0 Å². The van der Waals surface area contributed by atoms with Crippen molar-refractivity contribution in [1.29, 1.82) is 0 Å². The van der Waals surface area contributed by atoms with Gasteiger partial charge >= 0.3 is 0 Å². The zero-order chi connectivity index (χ0) is 15.5.